The number of fused-ring (bicyclic) bond motifs is 1. The van der Waals surface area contributed by atoms with E-state index in [1.807, 2.05) is 18.2 Å². The molecule has 2 aromatic rings. The standard InChI is InChI=1S/C13H14ClNO2/c14-7-12(16)13(17)10-5-1-4-9-8(10)3-2-6-11(9)15/h1-6,12-13,16-17H,7,15H2. The summed E-state index contributed by atoms with van der Waals surface area (Å²) < 4.78 is 0. The Bertz CT molecular complexity index is 530. The second-order valence-corrected chi connectivity index (χ2v) is 4.26. The lowest BCUT2D eigenvalue weighted by Gasteiger charge is -2.18. The number of halogens is 1. The van der Waals surface area contributed by atoms with Crippen LogP contribution in [0.2, 0.25) is 0 Å². The van der Waals surface area contributed by atoms with Gasteiger partial charge in [-0.3, -0.25) is 0 Å². The van der Waals surface area contributed by atoms with Gasteiger partial charge in [-0.25, -0.2) is 0 Å². The molecule has 90 valence electrons. The molecular weight excluding hydrogens is 238 g/mol. The van der Waals surface area contributed by atoms with E-state index in [4.69, 9.17) is 17.3 Å². The third kappa shape index (κ3) is 2.22. The Morgan fingerprint density at radius 1 is 1.06 bits per heavy atom. The molecule has 4 heteroatoms. The van der Waals surface area contributed by atoms with Crippen molar-refractivity contribution < 1.29 is 10.2 Å². The van der Waals surface area contributed by atoms with E-state index in [0.29, 0.717) is 11.3 Å². The quantitative estimate of drug-likeness (QED) is 0.578. The lowest BCUT2D eigenvalue weighted by molar-refractivity contribution is 0.0336. The number of nitrogens with two attached hydrogens (primary N) is 1. The zero-order valence-corrected chi connectivity index (χ0v) is 9.93. The number of alkyl halides is 1. The van der Waals surface area contributed by atoms with Crippen LogP contribution in [0.15, 0.2) is 36.4 Å². The molecule has 3 nitrogen and oxygen atoms in total. The highest BCUT2D eigenvalue weighted by Crippen LogP contribution is 2.29. The molecule has 0 heterocycles. The second-order valence-electron chi connectivity index (χ2n) is 3.96. The van der Waals surface area contributed by atoms with Crippen molar-refractivity contribution >= 4 is 28.1 Å². The van der Waals surface area contributed by atoms with Gasteiger partial charge in [0, 0.05) is 11.1 Å². The Hall–Kier alpha value is -1.29. The summed E-state index contributed by atoms with van der Waals surface area (Å²) in [6, 6.07) is 10.9. The number of rotatable bonds is 3. The van der Waals surface area contributed by atoms with Crippen molar-refractivity contribution in [3.63, 3.8) is 0 Å². The molecule has 0 aliphatic heterocycles. The van der Waals surface area contributed by atoms with E-state index in [0.717, 1.165) is 10.8 Å². The maximum absolute atomic E-state index is 10.0. The zero-order valence-electron chi connectivity index (χ0n) is 9.18. The first-order valence-electron chi connectivity index (χ1n) is 5.34. The Labute approximate surface area is 104 Å². The lowest BCUT2D eigenvalue weighted by atomic mass is 9.97. The molecule has 0 aromatic heterocycles. The summed E-state index contributed by atoms with van der Waals surface area (Å²) in [7, 11) is 0. The highest BCUT2D eigenvalue weighted by molar-refractivity contribution is 6.18. The maximum Gasteiger partial charge on any atom is 0.107 e. The molecule has 0 bridgehead atoms. The number of benzene rings is 2. The molecule has 4 N–H and O–H groups in total. The number of hydrogen-bond acceptors (Lipinski definition) is 3. The van der Waals surface area contributed by atoms with Gasteiger partial charge in [-0.2, -0.15) is 0 Å². The van der Waals surface area contributed by atoms with Crippen molar-refractivity contribution in [1.29, 1.82) is 0 Å². The zero-order chi connectivity index (χ0) is 12.4. The highest BCUT2D eigenvalue weighted by Gasteiger charge is 2.19. The number of hydrogen-bond donors (Lipinski definition) is 3. The van der Waals surface area contributed by atoms with Crippen LogP contribution >= 0.6 is 11.6 Å². The summed E-state index contributed by atoms with van der Waals surface area (Å²) in [5.74, 6) is -0.0140. The van der Waals surface area contributed by atoms with Crippen molar-refractivity contribution in [1.82, 2.24) is 0 Å². The van der Waals surface area contributed by atoms with Gasteiger partial charge in [0.15, 0.2) is 0 Å². The van der Waals surface area contributed by atoms with Gasteiger partial charge in [-0.05, 0) is 17.0 Å². The Morgan fingerprint density at radius 2 is 1.71 bits per heavy atom. The summed E-state index contributed by atoms with van der Waals surface area (Å²) in [5.41, 5.74) is 7.16. The lowest BCUT2D eigenvalue weighted by Crippen LogP contribution is -2.19. The molecule has 2 rings (SSSR count). The van der Waals surface area contributed by atoms with Gasteiger partial charge in [0.25, 0.3) is 0 Å². The fourth-order valence-corrected chi connectivity index (χ4v) is 2.08. The third-order valence-corrected chi connectivity index (χ3v) is 3.15. The van der Waals surface area contributed by atoms with Crippen molar-refractivity contribution in [3.8, 4) is 0 Å². The van der Waals surface area contributed by atoms with Crippen LogP contribution in [-0.4, -0.2) is 22.2 Å². The fraction of sp³-hybridized carbons (Fsp3) is 0.231. The van der Waals surface area contributed by atoms with Crippen LogP contribution in [0.5, 0.6) is 0 Å². The predicted molar refractivity (Wildman–Crippen MR) is 70.0 cm³/mol. The van der Waals surface area contributed by atoms with Gasteiger partial charge >= 0.3 is 0 Å². The molecule has 0 aliphatic rings. The summed E-state index contributed by atoms with van der Waals surface area (Å²) in [5, 5.41) is 21.3. The number of nitrogen functional groups attached to an aromatic ring is 1. The van der Waals surface area contributed by atoms with E-state index in [2.05, 4.69) is 0 Å². The smallest absolute Gasteiger partial charge is 0.107 e. The summed E-state index contributed by atoms with van der Waals surface area (Å²) >= 11 is 5.54. The fourth-order valence-electron chi connectivity index (χ4n) is 1.91. The Morgan fingerprint density at radius 3 is 2.41 bits per heavy atom. The minimum atomic E-state index is -1.00. The molecule has 0 saturated heterocycles. The summed E-state index contributed by atoms with van der Waals surface area (Å²) in [6.07, 6.45) is -1.98. The molecule has 0 saturated carbocycles. The van der Waals surface area contributed by atoms with Gasteiger partial charge in [-0.1, -0.05) is 30.3 Å². The topological polar surface area (TPSA) is 66.5 Å². The predicted octanol–water partition coefficient (Wildman–Crippen LogP) is 2.06. The van der Waals surface area contributed by atoms with E-state index in [1.165, 1.54) is 0 Å². The highest BCUT2D eigenvalue weighted by atomic mass is 35.5. The van der Waals surface area contributed by atoms with Gasteiger partial charge in [0.1, 0.15) is 6.10 Å². The van der Waals surface area contributed by atoms with Crippen molar-refractivity contribution in [2.24, 2.45) is 0 Å². The van der Waals surface area contributed by atoms with E-state index in [9.17, 15) is 10.2 Å². The van der Waals surface area contributed by atoms with Crippen molar-refractivity contribution in [3.05, 3.63) is 42.0 Å². The first kappa shape index (κ1) is 12.2. The third-order valence-electron chi connectivity index (χ3n) is 2.83. The molecule has 0 amide bonds. The second kappa shape index (κ2) is 4.92. The molecule has 0 fully saturated rings. The van der Waals surface area contributed by atoms with Gasteiger partial charge < -0.3 is 15.9 Å². The van der Waals surface area contributed by atoms with Crippen molar-refractivity contribution in [2.75, 3.05) is 11.6 Å². The van der Waals surface area contributed by atoms with E-state index >= 15 is 0 Å². The largest absolute Gasteiger partial charge is 0.398 e. The Kier molecular flexibility index (Phi) is 3.52. The molecule has 0 spiro atoms. The first-order chi connectivity index (χ1) is 8.15. The van der Waals surface area contributed by atoms with Crippen LogP contribution in [0.1, 0.15) is 11.7 Å². The molecule has 0 aliphatic carbocycles. The van der Waals surface area contributed by atoms with Crippen LogP contribution in [0, 0.1) is 0 Å². The minimum Gasteiger partial charge on any atom is -0.398 e. The average Bonchev–Trinajstić information content (AvgIpc) is 2.37. The molecule has 2 atom stereocenters. The monoisotopic (exact) mass is 251 g/mol. The first-order valence-corrected chi connectivity index (χ1v) is 5.88. The summed E-state index contributed by atoms with van der Waals surface area (Å²) in [4.78, 5) is 0. The number of aliphatic hydroxyl groups is 2. The van der Waals surface area contributed by atoms with Gasteiger partial charge in [0.05, 0.1) is 12.0 Å². The van der Waals surface area contributed by atoms with E-state index < -0.39 is 12.2 Å². The minimum absolute atomic E-state index is 0.0140. The maximum atomic E-state index is 10.0. The van der Waals surface area contributed by atoms with Gasteiger partial charge in [0.2, 0.25) is 0 Å². The number of anilines is 1. The van der Waals surface area contributed by atoms with E-state index in [-0.39, 0.29) is 5.88 Å². The molecule has 2 aromatic carbocycles. The molecule has 2 unspecified atom stereocenters. The average molecular weight is 252 g/mol. The van der Waals surface area contributed by atoms with Crippen LogP contribution in [0.25, 0.3) is 10.8 Å². The molecular formula is C13H14ClNO2. The molecule has 0 radical (unpaired) electrons. The van der Waals surface area contributed by atoms with Crippen LogP contribution < -0.4 is 5.73 Å². The van der Waals surface area contributed by atoms with Gasteiger partial charge in [-0.15, -0.1) is 11.6 Å². The van der Waals surface area contributed by atoms with Crippen LogP contribution in [0.3, 0.4) is 0 Å². The van der Waals surface area contributed by atoms with Crippen LogP contribution in [0.4, 0.5) is 5.69 Å². The normalized spacial score (nSPS) is 14.8. The van der Waals surface area contributed by atoms with Crippen LogP contribution in [-0.2, 0) is 0 Å². The SMILES string of the molecule is Nc1cccc2c(C(O)C(O)CCl)cccc12. The Balaban J connectivity index is 2.58. The molecule has 17 heavy (non-hydrogen) atoms. The van der Waals surface area contributed by atoms with E-state index in [1.54, 1.807) is 18.2 Å². The summed E-state index contributed by atoms with van der Waals surface area (Å²) in [6.45, 7) is 0. The number of aliphatic hydroxyl groups excluding tert-OH is 2. The van der Waals surface area contributed by atoms with Crippen molar-refractivity contribution in [2.45, 2.75) is 12.2 Å².